The largest absolute Gasteiger partial charge is 0.373 e. The second kappa shape index (κ2) is 5.40. The molecule has 0 aliphatic carbocycles. The zero-order valence-corrected chi connectivity index (χ0v) is 12.6. The summed E-state index contributed by atoms with van der Waals surface area (Å²) in [5.41, 5.74) is 2.78. The maximum atomic E-state index is 13.0. The van der Waals surface area contributed by atoms with Crippen LogP contribution in [-0.4, -0.2) is 11.9 Å². The smallest absolute Gasteiger partial charge is 0.247 e. The van der Waals surface area contributed by atoms with E-state index in [1.165, 1.54) is 12.1 Å². The second-order valence-electron chi connectivity index (χ2n) is 4.67. The Morgan fingerprint density at radius 1 is 1.30 bits per heavy atom. The first-order valence-electron chi connectivity index (χ1n) is 6.24. The van der Waals surface area contributed by atoms with Crippen molar-refractivity contribution >= 4 is 39.9 Å². The summed E-state index contributed by atoms with van der Waals surface area (Å²) in [5, 5.41) is 6.04. The van der Waals surface area contributed by atoms with Gasteiger partial charge in [0, 0.05) is 15.7 Å². The molecule has 0 fully saturated rings. The predicted octanol–water partition coefficient (Wildman–Crippen LogP) is 3.41. The molecule has 3 rings (SSSR count). The number of hydrogen-bond acceptors (Lipinski definition) is 2. The lowest BCUT2D eigenvalue weighted by molar-refractivity contribution is -0.116. The number of benzene rings is 2. The molecule has 5 heteroatoms. The number of carbonyl (C=O) groups is 1. The summed E-state index contributed by atoms with van der Waals surface area (Å²) in [5.74, 6) is -0.412. The maximum absolute atomic E-state index is 13.0. The van der Waals surface area contributed by atoms with Crippen molar-refractivity contribution in [1.82, 2.24) is 0 Å². The van der Waals surface area contributed by atoms with Gasteiger partial charge in [0.25, 0.3) is 0 Å². The van der Waals surface area contributed by atoms with E-state index >= 15 is 0 Å². The number of amides is 1. The molecular formula is C15H12FIN2O. The van der Waals surface area contributed by atoms with Crippen LogP contribution in [0.3, 0.4) is 0 Å². The van der Waals surface area contributed by atoms with Gasteiger partial charge in [0.05, 0.1) is 5.69 Å². The van der Waals surface area contributed by atoms with Crippen LogP contribution in [0, 0.1) is 9.39 Å². The van der Waals surface area contributed by atoms with Crippen LogP contribution in [0.2, 0.25) is 0 Å². The van der Waals surface area contributed by atoms with E-state index in [0.29, 0.717) is 15.7 Å². The van der Waals surface area contributed by atoms with Gasteiger partial charge in [0.2, 0.25) is 5.91 Å². The summed E-state index contributed by atoms with van der Waals surface area (Å²) >= 11 is 2.01. The fourth-order valence-electron chi connectivity index (χ4n) is 2.27. The lowest BCUT2D eigenvalue weighted by atomic mass is 10.1. The van der Waals surface area contributed by atoms with Crippen LogP contribution in [0.1, 0.15) is 5.56 Å². The topological polar surface area (TPSA) is 41.1 Å². The molecule has 1 aliphatic rings. The van der Waals surface area contributed by atoms with Gasteiger partial charge >= 0.3 is 0 Å². The number of rotatable bonds is 2. The van der Waals surface area contributed by atoms with Crippen molar-refractivity contribution in [2.45, 2.75) is 12.5 Å². The zero-order chi connectivity index (χ0) is 14.1. The molecule has 1 amide bonds. The van der Waals surface area contributed by atoms with Gasteiger partial charge in [-0.2, -0.15) is 0 Å². The van der Waals surface area contributed by atoms with Gasteiger partial charge < -0.3 is 10.6 Å². The van der Waals surface area contributed by atoms with E-state index in [9.17, 15) is 9.18 Å². The molecule has 0 spiro atoms. The average molecular weight is 382 g/mol. The lowest BCUT2D eigenvalue weighted by Crippen LogP contribution is -2.33. The molecule has 20 heavy (non-hydrogen) atoms. The normalized spacial score (nSPS) is 16.4. The lowest BCUT2D eigenvalue weighted by Gasteiger charge is -2.13. The number of carbonyl (C=O) groups excluding carboxylic acids is 1. The molecular weight excluding hydrogens is 370 g/mol. The Bertz CT molecular complexity index is 650. The van der Waals surface area contributed by atoms with Crippen molar-refractivity contribution in [2.75, 3.05) is 10.6 Å². The first-order valence-corrected chi connectivity index (χ1v) is 7.32. The highest BCUT2D eigenvalue weighted by molar-refractivity contribution is 14.1. The van der Waals surface area contributed by atoms with Crippen LogP contribution >= 0.6 is 22.6 Å². The standard InChI is InChI=1S/C15H12FIN2O/c16-10-5-6-13(11(17)8-10)19-15(20)14-7-9-3-1-2-4-12(9)18-14/h1-6,8,14,18H,7H2,(H,19,20). The maximum Gasteiger partial charge on any atom is 0.247 e. The Morgan fingerprint density at radius 2 is 2.10 bits per heavy atom. The van der Waals surface area contributed by atoms with Crippen molar-refractivity contribution < 1.29 is 9.18 Å². The summed E-state index contributed by atoms with van der Waals surface area (Å²) in [4.78, 5) is 12.2. The molecule has 3 nitrogen and oxygen atoms in total. The van der Waals surface area contributed by atoms with E-state index < -0.39 is 0 Å². The van der Waals surface area contributed by atoms with E-state index in [1.807, 2.05) is 46.9 Å². The quantitative estimate of drug-likeness (QED) is 0.782. The first kappa shape index (κ1) is 13.4. The first-order chi connectivity index (χ1) is 9.63. The molecule has 1 atom stereocenters. The van der Waals surface area contributed by atoms with Gasteiger partial charge in [-0.3, -0.25) is 4.79 Å². The SMILES string of the molecule is O=C(Nc1ccc(F)cc1I)C1Cc2ccccc2N1. The van der Waals surface area contributed by atoms with Crippen molar-refractivity contribution in [1.29, 1.82) is 0 Å². The number of nitrogens with one attached hydrogen (secondary N) is 2. The van der Waals surface area contributed by atoms with E-state index in [4.69, 9.17) is 0 Å². The summed E-state index contributed by atoms with van der Waals surface area (Å²) < 4.78 is 13.7. The molecule has 1 aliphatic heterocycles. The average Bonchev–Trinajstić information content (AvgIpc) is 2.86. The molecule has 1 heterocycles. The molecule has 2 aromatic carbocycles. The van der Waals surface area contributed by atoms with Crippen molar-refractivity contribution in [2.24, 2.45) is 0 Å². The van der Waals surface area contributed by atoms with Crippen molar-refractivity contribution in [3.8, 4) is 0 Å². The van der Waals surface area contributed by atoms with Gasteiger partial charge in [-0.05, 0) is 52.4 Å². The monoisotopic (exact) mass is 382 g/mol. The molecule has 0 radical (unpaired) electrons. The third-order valence-electron chi connectivity index (χ3n) is 3.28. The Morgan fingerprint density at radius 3 is 2.85 bits per heavy atom. The third-order valence-corrected chi connectivity index (χ3v) is 4.17. The third kappa shape index (κ3) is 2.63. The molecule has 0 bridgehead atoms. The fraction of sp³-hybridized carbons (Fsp3) is 0.133. The van der Waals surface area contributed by atoms with E-state index in [2.05, 4.69) is 10.6 Å². The number of fused-ring (bicyclic) bond motifs is 1. The highest BCUT2D eigenvalue weighted by atomic mass is 127. The van der Waals surface area contributed by atoms with Crippen LogP contribution in [0.25, 0.3) is 0 Å². The van der Waals surface area contributed by atoms with Crippen LogP contribution in [-0.2, 0) is 11.2 Å². The van der Waals surface area contributed by atoms with Gasteiger partial charge in [0.1, 0.15) is 11.9 Å². The zero-order valence-electron chi connectivity index (χ0n) is 10.5. The minimum Gasteiger partial charge on any atom is -0.373 e. The van der Waals surface area contributed by atoms with Crippen molar-refractivity contribution in [3.63, 3.8) is 0 Å². The molecule has 0 saturated carbocycles. The van der Waals surface area contributed by atoms with Gasteiger partial charge in [-0.25, -0.2) is 4.39 Å². The summed E-state index contributed by atoms with van der Waals surface area (Å²) in [6, 6.07) is 11.9. The number of anilines is 2. The molecule has 2 aromatic rings. The second-order valence-corrected chi connectivity index (χ2v) is 5.83. The predicted molar refractivity (Wildman–Crippen MR) is 85.3 cm³/mol. The molecule has 2 N–H and O–H groups in total. The number of hydrogen-bond donors (Lipinski definition) is 2. The molecule has 0 saturated heterocycles. The molecule has 0 aromatic heterocycles. The van der Waals surface area contributed by atoms with E-state index in [-0.39, 0.29) is 17.8 Å². The Labute approximate surface area is 129 Å². The van der Waals surface area contributed by atoms with Crippen LogP contribution in [0.15, 0.2) is 42.5 Å². The highest BCUT2D eigenvalue weighted by Crippen LogP contribution is 2.26. The Kier molecular flexibility index (Phi) is 3.60. The van der Waals surface area contributed by atoms with E-state index in [0.717, 1.165) is 11.3 Å². The molecule has 1 unspecified atom stereocenters. The Hall–Kier alpha value is -1.63. The van der Waals surface area contributed by atoms with Gasteiger partial charge in [-0.1, -0.05) is 18.2 Å². The summed E-state index contributed by atoms with van der Waals surface area (Å²) in [6.07, 6.45) is 0.666. The summed E-state index contributed by atoms with van der Waals surface area (Å²) in [7, 11) is 0. The Balaban J connectivity index is 1.72. The van der Waals surface area contributed by atoms with Crippen LogP contribution < -0.4 is 10.6 Å². The van der Waals surface area contributed by atoms with E-state index in [1.54, 1.807) is 6.07 Å². The van der Waals surface area contributed by atoms with Gasteiger partial charge in [-0.15, -0.1) is 0 Å². The highest BCUT2D eigenvalue weighted by Gasteiger charge is 2.26. The van der Waals surface area contributed by atoms with Crippen molar-refractivity contribution in [3.05, 3.63) is 57.4 Å². The molecule has 102 valence electrons. The van der Waals surface area contributed by atoms with Crippen LogP contribution in [0.4, 0.5) is 15.8 Å². The summed E-state index contributed by atoms with van der Waals surface area (Å²) in [6.45, 7) is 0. The van der Waals surface area contributed by atoms with Gasteiger partial charge in [0.15, 0.2) is 0 Å². The minimum atomic E-state index is -0.307. The number of para-hydroxylation sites is 1. The van der Waals surface area contributed by atoms with Crippen LogP contribution in [0.5, 0.6) is 0 Å². The minimum absolute atomic E-state index is 0.106. The number of halogens is 2. The fourth-order valence-corrected chi connectivity index (χ4v) is 2.88.